The summed E-state index contributed by atoms with van der Waals surface area (Å²) in [5, 5.41) is 27.4. The van der Waals surface area contributed by atoms with E-state index in [1.54, 1.807) is 6.26 Å². The number of furan rings is 1. The molecule has 1 aliphatic heterocycles. The van der Waals surface area contributed by atoms with Gasteiger partial charge in [0.2, 0.25) is 0 Å². The van der Waals surface area contributed by atoms with Gasteiger partial charge in [0.1, 0.15) is 36.3 Å². The minimum atomic E-state index is -3.21. The Labute approximate surface area is 298 Å². The quantitative estimate of drug-likeness (QED) is 0.175. The van der Waals surface area contributed by atoms with Gasteiger partial charge in [0.15, 0.2) is 0 Å². The van der Waals surface area contributed by atoms with Crippen LogP contribution in [0, 0.1) is 0 Å². The zero-order valence-corrected chi connectivity index (χ0v) is 31.9. The second-order valence-corrected chi connectivity index (χ2v) is 23.8. The number of ether oxygens (including phenoxy) is 1. The van der Waals surface area contributed by atoms with Crippen molar-refractivity contribution in [3.8, 4) is 0 Å². The second kappa shape index (κ2) is 14.6. The molecule has 4 aromatic carbocycles. The number of aliphatic hydroxyl groups is 2. The molecule has 2 heterocycles. The van der Waals surface area contributed by atoms with Gasteiger partial charge >= 0.3 is 0 Å². The third-order valence-electron chi connectivity index (χ3n) is 10.1. The summed E-state index contributed by atoms with van der Waals surface area (Å²) >= 11 is 0. The first-order chi connectivity index (χ1) is 23.9. The minimum Gasteiger partial charge on any atom is -0.466 e. The monoisotopic (exact) mass is 706 g/mol. The van der Waals surface area contributed by atoms with Gasteiger partial charge in [-0.1, -0.05) is 163 Å². The maximum Gasteiger partial charge on any atom is 0.261 e. The molecule has 0 unspecified atom stereocenters. The number of aliphatic hydroxyl groups excluding tert-OH is 2. The van der Waals surface area contributed by atoms with Gasteiger partial charge in [-0.3, -0.25) is 0 Å². The summed E-state index contributed by atoms with van der Waals surface area (Å²) in [5.41, 5.74) is 0. The van der Waals surface area contributed by atoms with E-state index < -0.39 is 47.2 Å². The van der Waals surface area contributed by atoms with E-state index in [1.807, 2.05) is 84.9 Å². The summed E-state index contributed by atoms with van der Waals surface area (Å²) in [5.74, 6) is 0.523. The van der Waals surface area contributed by atoms with Crippen LogP contribution in [-0.2, 0) is 13.6 Å². The molecule has 5 aromatic rings. The van der Waals surface area contributed by atoms with E-state index in [4.69, 9.17) is 18.0 Å². The smallest absolute Gasteiger partial charge is 0.261 e. The van der Waals surface area contributed by atoms with Crippen molar-refractivity contribution in [2.75, 3.05) is 6.61 Å². The van der Waals surface area contributed by atoms with Crippen molar-refractivity contribution in [3.05, 3.63) is 145 Å². The Bertz CT molecular complexity index is 1690. The Balaban J connectivity index is 1.55. The third kappa shape index (κ3) is 6.50. The van der Waals surface area contributed by atoms with Crippen LogP contribution in [0.5, 0.6) is 0 Å². The lowest BCUT2D eigenvalue weighted by Crippen LogP contribution is -2.73. The minimum absolute atomic E-state index is 0.358. The van der Waals surface area contributed by atoms with Gasteiger partial charge in [0.25, 0.3) is 16.6 Å². The van der Waals surface area contributed by atoms with Crippen LogP contribution in [0.25, 0.3) is 0 Å². The van der Waals surface area contributed by atoms with Crippen molar-refractivity contribution in [1.82, 2.24) is 0 Å². The summed E-state index contributed by atoms with van der Waals surface area (Å²) in [6, 6.07) is 45.0. The van der Waals surface area contributed by atoms with Gasteiger partial charge in [0, 0.05) is 0 Å². The number of benzene rings is 4. The lowest BCUT2D eigenvalue weighted by atomic mass is 9.94. The number of rotatable bonds is 10. The predicted molar refractivity (Wildman–Crippen MR) is 204 cm³/mol. The Hall–Kier alpha value is -3.61. The molecule has 1 aliphatic rings. The SMILES string of the molecule is CC(C)(C)[Si](O[C@@H]1[C@@H](O)[C@H](O[Si](c2ccccc2)(c2ccccc2)C(C)(C)C)[C@@H](CO)O[C@H]1c1ccco1)(c1ccccc1)c1ccccc1. The molecule has 8 heteroatoms. The van der Waals surface area contributed by atoms with Crippen molar-refractivity contribution >= 4 is 37.4 Å². The summed E-state index contributed by atoms with van der Waals surface area (Å²) < 4.78 is 28.0. The largest absolute Gasteiger partial charge is 0.466 e. The molecule has 6 rings (SSSR count). The highest BCUT2D eigenvalue weighted by molar-refractivity contribution is 7.00. The average Bonchev–Trinajstić information content (AvgIpc) is 3.66. The first kappa shape index (κ1) is 36.2. The molecule has 0 saturated carbocycles. The van der Waals surface area contributed by atoms with Gasteiger partial charge in [-0.15, -0.1) is 0 Å². The standard InChI is InChI=1S/C42H50O6Si2/c1-41(2,3)49(31-20-11-7-12-21-31,32-22-13-8-14-23-32)47-38-36(30-43)46-39(35-28-19-29-45-35)40(37(38)44)48-50(42(4,5)6,33-24-15-9-16-25-33)34-26-17-10-18-27-34/h7-29,36-40,43-44H,30H2,1-6H3/t36-,37+,38-,39+,40-/m1/s1. The summed E-state index contributed by atoms with van der Waals surface area (Å²) in [4.78, 5) is 0. The van der Waals surface area contributed by atoms with E-state index in [9.17, 15) is 10.2 Å². The highest BCUT2D eigenvalue weighted by Gasteiger charge is 2.60. The van der Waals surface area contributed by atoms with Crippen molar-refractivity contribution in [2.45, 2.75) is 82.1 Å². The zero-order chi connectivity index (χ0) is 35.6. The fourth-order valence-corrected chi connectivity index (χ4v) is 17.2. The van der Waals surface area contributed by atoms with Crippen LogP contribution in [0.1, 0.15) is 53.4 Å². The molecule has 50 heavy (non-hydrogen) atoms. The van der Waals surface area contributed by atoms with Gasteiger partial charge in [-0.05, 0) is 43.0 Å². The highest BCUT2D eigenvalue weighted by Crippen LogP contribution is 2.45. The van der Waals surface area contributed by atoms with E-state index in [2.05, 4.69) is 90.1 Å². The van der Waals surface area contributed by atoms with Crippen molar-refractivity contribution < 1.29 is 28.2 Å². The Morgan fingerprint density at radius 1 is 0.560 bits per heavy atom. The summed E-state index contributed by atoms with van der Waals surface area (Å²) in [6.45, 7) is 12.9. The van der Waals surface area contributed by atoms with Gasteiger partial charge < -0.3 is 28.2 Å². The molecule has 5 atom stereocenters. The second-order valence-electron chi connectivity index (χ2n) is 15.3. The number of hydrogen-bond donors (Lipinski definition) is 2. The van der Waals surface area contributed by atoms with Crippen molar-refractivity contribution in [2.24, 2.45) is 0 Å². The van der Waals surface area contributed by atoms with E-state index in [-0.39, 0.29) is 16.7 Å². The van der Waals surface area contributed by atoms with Crippen molar-refractivity contribution in [3.63, 3.8) is 0 Å². The van der Waals surface area contributed by atoms with Crippen LogP contribution in [-0.4, -0.2) is 57.9 Å². The van der Waals surface area contributed by atoms with Crippen LogP contribution in [0.15, 0.2) is 144 Å². The van der Waals surface area contributed by atoms with Gasteiger partial charge in [0.05, 0.1) is 12.9 Å². The fraction of sp³-hybridized carbons (Fsp3) is 0.333. The molecule has 262 valence electrons. The zero-order valence-electron chi connectivity index (χ0n) is 29.9. The van der Waals surface area contributed by atoms with Crippen LogP contribution >= 0.6 is 0 Å². The average molecular weight is 707 g/mol. The van der Waals surface area contributed by atoms with Gasteiger partial charge in [-0.25, -0.2) is 0 Å². The maximum absolute atomic E-state index is 12.9. The molecular formula is C42H50O6Si2. The molecule has 0 bridgehead atoms. The lowest BCUT2D eigenvalue weighted by Gasteiger charge is -2.53. The van der Waals surface area contributed by atoms with E-state index in [0.717, 1.165) is 20.7 Å². The molecular weight excluding hydrogens is 657 g/mol. The maximum atomic E-state index is 12.9. The van der Waals surface area contributed by atoms with E-state index >= 15 is 0 Å². The van der Waals surface area contributed by atoms with Crippen LogP contribution in [0.4, 0.5) is 0 Å². The molecule has 2 N–H and O–H groups in total. The topological polar surface area (TPSA) is 81.3 Å². The van der Waals surface area contributed by atoms with Crippen LogP contribution in [0.3, 0.4) is 0 Å². The molecule has 1 saturated heterocycles. The molecule has 0 spiro atoms. The third-order valence-corrected chi connectivity index (χ3v) is 20.2. The van der Waals surface area contributed by atoms with E-state index in [0.29, 0.717) is 5.76 Å². The number of hydrogen-bond acceptors (Lipinski definition) is 6. The summed E-state index contributed by atoms with van der Waals surface area (Å²) in [7, 11) is -6.40. The molecule has 0 radical (unpaired) electrons. The lowest BCUT2D eigenvalue weighted by molar-refractivity contribution is -0.226. The molecule has 0 amide bonds. The van der Waals surface area contributed by atoms with E-state index in [1.165, 1.54) is 0 Å². The highest BCUT2D eigenvalue weighted by atomic mass is 28.4. The first-order valence-corrected chi connectivity index (χ1v) is 21.3. The molecule has 6 nitrogen and oxygen atoms in total. The normalized spacial score (nSPS) is 22.0. The van der Waals surface area contributed by atoms with Crippen LogP contribution < -0.4 is 20.7 Å². The Morgan fingerprint density at radius 2 is 0.940 bits per heavy atom. The molecule has 1 fully saturated rings. The molecule has 0 aliphatic carbocycles. The Kier molecular flexibility index (Phi) is 10.5. The predicted octanol–water partition coefficient (Wildman–Crippen LogP) is 5.96. The first-order valence-electron chi connectivity index (χ1n) is 17.5. The van der Waals surface area contributed by atoms with Gasteiger partial charge in [-0.2, -0.15) is 0 Å². The van der Waals surface area contributed by atoms with Crippen molar-refractivity contribution in [1.29, 1.82) is 0 Å². The van der Waals surface area contributed by atoms with Crippen LogP contribution in [0.2, 0.25) is 10.1 Å². The molecule has 1 aromatic heterocycles. The summed E-state index contributed by atoms with van der Waals surface area (Å²) in [6.07, 6.45) is -3.10. The fourth-order valence-electron chi connectivity index (χ4n) is 7.83. The Morgan fingerprint density at radius 3 is 1.26 bits per heavy atom.